The molecular formula is C19H28FIN6O. The summed E-state index contributed by atoms with van der Waals surface area (Å²) >= 11 is 0. The summed E-state index contributed by atoms with van der Waals surface area (Å²) in [6.45, 7) is 4.60. The zero-order chi connectivity index (χ0) is 19.1. The monoisotopic (exact) mass is 502 g/mol. The van der Waals surface area contributed by atoms with E-state index in [2.05, 4.69) is 25.7 Å². The maximum Gasteiger partial charge on any atom is 0.191 e. The first-order valence-electron chi connectivity index (χ1n) is 9.38. The van der Waals surface area contributed by atoms with Gasteiger partial charge >= 0.3 is 0 Å². The van der Waals surface area contributed by atoms with Gasteiger partial charge < -0.3 is 15.4 Å². The molecule has 3 rings (SSSR count). The van der Waals surface area contributed by atoms with E-state index in [1.807, 2.05) is 17.7 Å². The molecule has 2 N–H and O–H groups in total. The highest BCUT2D eigenvalue weighted by atomic mass is 127. The molecule has 1 aromatic carbocycles. The quantitative estimate of drug-likeness (QED) is 0.345. The molecule has 9 heteroatoms. The van der Waals surface area contributed by atoms with Gasteiger partial charge in [-0.15, -0.1) is 24.0 Å². The summed E-state index contributed by atoms with van der Waals surface area (Å²) in [4.78, 5) is 9.13. The van der Waals surface area contributed by atoms with Crippen LogP contribution in [0.15, 0.2) is 29.3 Å². The Labute approximate surface area is 182 Å². The van der Waals surface area contributed by atoms with Crippen molar-refractivity contribution in [3.8, 4) is 0 Å². The van der Waals surface area contributed by atoms with Gasteiger partial charge in [-0.25, -0.2) is 14.1 Å². The fourth-order valence-electron chi connectivity index (χ4n) is 3.17. The van der Waals surface area contributed by atoms with Gasteiger partial charge in [0.15, 0.2) is 11.8 Å². The first kappa shape index (κ1) is 22.5. The molecule has 1 atom stereocenters. The van der Waals surface area contributed by atoms with Crippen LogP contribution in [-0.4, -0.2) is 47.0 Å². The molecule has 0 saturated heterocycles. The van der Waals surface area contributed by atoms with Crippen LogP contribution in [0.25, 0.3) is 0 Å². The minimum atomic E-state index is -0.208. The van der Waals surface area contributed by atoms with Crippen molar-refractivity contribution in [3.05, 3.63) is 47.3 Å². The molecule has 1 unspecified atom stereocenters. The smallest absolute Gasteiger partial charge is 0.191 e. The zero-order valence-corrected chi connectivity index (χ0v) is 18.7. The molecule has 0 spiro atoms. The topological polar surface area (TPSA) is 76.4 Å². The lowest BCUT2D eigenvalue weighted by molar-refractivity contribution is 0.177. The number of aromatic nitrogens is 3. The number of hydrogen-bond donors (Lipinski definition) is 2. The third kappa shape index (κ3) is 6.40. The number of rotatable bonds is 7. The number of nitrogens with zero attached hydrogens (tertiary/aromatic N) is 4. The summed E-state index contributed by atoms with van der Waals surface area (Å²) in [5.74, 6) is 2.30. The maximum atomic E-state index is 13.3. The Balaban J connectivity index is 0.00000280. The van der Waals surface area contributed by atoms with Gasteiger partial charge in [0.05, 0.1) is 6.54 Å². The third-order valence-corrected chi connectivity index (χ3v) is 4.42. The summed E-state index contributed by atoms with van der Waals surface area (Å²) in [5, 5.41) is 11.3. The molecule has 0 bridgehead atoms. The summed E-state index contributed by atoms with van der Waals surface area (Å²) in [6, 6.07) is 6.90. The Bertz CT molecular complexity index is 782. The van der Waals surface area contributed by atoms with E-state index in [-0.39, 0.29) is 35.8 Å². The van der Waals surface area contributed by atoms with Crippen LogP contribution < -0.4 is 10.6 Å². The lowest BCUT2D eigenvalue weighted by Gasteiger charge is -2.25. The number of hydrogen-bond acceptors (Lipinski definition) is 4. The van der Waals surface area contributed by atoms with E-state index in [9.17, 15) is 4.39 Å². The molecule has 0 saturated carbocycles. The molecule has 2 heterocycles. The molecule has 154 valence electrons. The van der Waals surface area contributed by atoms with Crippen LogP contribution in [0, 0.1) is 5.82 Å². The predicted octanol–water partition coefficient (Wildman–Crippen LogP) is 2.29. The second-order valence-corrected chi connectivity index (χ2v) is 6.58. The van der Waals surface area contributed by atoms with Crippen molar-refractivity contribution in [2.24, 2.45) is 4.99 Å². The van der Waals surface area contributed by atoms with Crippen LogP contribution >= 0.6 is 24.0 Å². The fourth-order valence-corrected chi connectivity index (χ4v) is 3.17. The standard InChI is InChI=1S/C19H27FN6O.HI/c1-3-21-19(22-10-9-14-5-4-6-15(20)11-14)23-16-7-8-18-24-17(13-27-2)25-26(18)12-16;/h4-6,11,16H,3,7-10,12-13H2,1-2H3,(H2,21,22,23);1H. The number of aryl methyl sites for hydroxylation is 1. The van der Waals surface area contributed by atoms with Crippen molar-refractivity contribution in [2.75, 3.05) is 20.2 Å². The lowest BCUT2D eigenvalue weighted by Crippen LogP contribution is -2.47. The van der Waals surface area contributed by atoms with Crippen LogP contribution in [-0.2, 0) is 30.7 Å². The average molecular weight is 502 g/mol. The number of guanidine groups is 1. The van der Waals surface area contributed by atoms with Crippen LogP contribution in [0.5, 0.6) is 0 Å². The molecule has 1 aliphatic rings. The number of ether oxygens (including phenoxy) is 1. The Morgan fingerprint density at radius 1 is 1.43 bits per heavy atom. The Morgan fingerprint density at radius 2 is 2.29 bits per heavy atom. The molecule has 0 radical (unpaired) electrons. The minimum absolute atomic E-state index is 0. The summed E-state index contributed by atoms with van der Waals surface area (Å²) < 4.78 is 20.3. The Morgan fingerprint density at radius 3 is 3.04 bits per heavy atom. The van der Waals surface area contributed by atoms with Crippen LogP contribution in [0.1, 0.15) is 30.6 Å². The molecular weight excluding hydrogens is 474 g/mol. The second kappa shape index (κ2) is 11.3. The number of aliphatic imine (C=N–C) groups is 1. The lowest BCUT2D eigenvalue weighted by atomic mass is 10.1. The largest absolute Gasteiger partial charge is 0.377 e. The Hall–Kier alpha value is -1.75. The second-order valence-electron chi connectivity index (χ2n) is 6.58. The first-order valence-corrected chi connectivity index (χ1v) is 9.38. The van der Waals surface area contributed by atoms with Gasteiger partial charge in [-0.1, -0.05) is 12.1 Å². The van der Waals surface area contributed by atoms with Gasteiger partial charge in [0.25, 0.3) is 0 Å². The van der Waals surface area contributed by atoms with Crippen LogP contribution in [0.3, 0.4) is 0 Å². The molecule has 0 aliphatic carbocycles. The third-order valence-electron chi connectivity index (χ3n) is 4.42. The average Bonchev–Trinajstić information content (AvgIpc) is 3.04. The fraction of sp³-hybridized carbons (Fsp3) is 0.526. The molecule has 0 amide bonds. The highest BCUT2D eigenvalue weighted by molar-refractivity contribution is 14.0. The number of benzene rings is 1. The summed E-state index contributed by atoms with van der Waals surface area (Å²) in [5.41, 5.74) is 0.949. The normalized spacial score (nSPS) is 16.2. The van der Waals surface area contributed by atoms with Gasteiger partial charge in [-0.05, 0) is 37.5 Å². The maximum absolute atomic E-state index is 13.3. The number of fused-ring (bicyclic) bond motifs is 1. The highest BCUT2D eigenvalue weighted by Gasteiger charge is 2.22. The minimum Gasteiger partial charge on any atom is -0.377 e. The molecule has 1 aromatic heterocycles. The van der Waals surface area contributed by atoms with E-state index in [1.165, 1.54) is 6.07 Å². The number of halogens is 2. The van der Waals surface area contributed by atoms with Gasteiger partial charge in [-0.2, -0.15) is 5.10 Å². The van der Waals surface area contributed by atoms with E-state index >= 15 is 0 Å². The molecule has 1 aliphatic heterocycles. The number of methoxy groups -OCH3 is 1. The van der Waals surface area contributed by atoms with Crippen molar-refractivity contribution < 1.29 is 9.13 Å². The van der Waals surface area contributed by atoms with E-state index in [1.54, 1.807) is 19.2 Å². The molecule has 2 aromatic rings. The highest BCUT2D eigenvalue weighted by Crippen LogP contribution is 2.13. The van der Waals surface area contributed by atoms with Crippen molar-refractivity contribution in [2.45, 2.75) is 45.4 Å². The summed E-state index contributed by atoms with van der Waals surface area (Å²) in [6.07, 6.45) is 2.54. The Kier molecular flexibility index (Phi) is 9.10. The van der Waals surface area contributed by atoms with E-state index < -0.39 is 0 Å². The van der Waals surface area contributed by atoms with E-state index in [4.69, 9.17) is 4.74 Å². The van der Waals surface area contributed by atoms with Gasteiger partial charge in [0.2, 0.25) is 0 Å². The van der Waals surface area contributed by atoms with Crippen molar-refractivity contribution >= 4 is 29.9 Å². The van der Waals surface area contributed by atoms with Gasteiger partial charge in [-0.3, -0.25) is 4.99 Å². The van der Waals surface area contributed by atoms with Gasteiger partial charge in [0, 0.05) is 32.7 Å². The SMILES string of the molecule is CCNC(=NCCc1cccc(F)c1)NC1CCc2nc(COC)nn2C1.I. The van der Waals surface area contributed by atoms with Crippen molar-refractivity contribution in [3.63, 3.8) is 0 Å². The first-order chi connectivity index (χ1) is 13.2. The summed E-state index contributed by atoms with van der Waals surface area (Å²) in [7, 11) is 1.65. The van der Waals surface area contributed by atoms with Crippen LogP contribution in [0.4, 0.5) is 4.39 Å². The molecule has 0 fully saturated rings. The van der Waals surface area contributed by atoms with E-state index in [0.29, 0.717) is 19.6 Å². The zero-order valence-electron chi connectivity index (χ0n) is 16.3. The van der Waals surface area contributed by atoms with Crippen LogP contribution in [0.2, 0.25) is 0 Å². The van der Waals surface area contributed by atoms with Gasteiger partial charge in [0.1, 0.15) is 18.2 Å². The predicted molar refractivity (Wildman–Crippen MR) is 117 cm³/mol. The van der Waals surface area contributed by atoms with Crippen molar-refractivity contribution in [1.29, 1.82) is 0 Å². The molecule has 7 nitrogen and oxygen atoms in total. The van der Waals surface area contributed by atoms with Crippen molar-refractivity contribution in [1.82, 2.24) is 25.4 Å². The van der Waals surface area contributed by atoms with E-state index in [0.717, 1.165) is 49.1 Å². The molecule has 28 heavy (non-hydrogen) atoms. The number of nitrogens with one attached hydrogen (secondary N) is 2.